The number of ether oxygens (including phenoxy) is 2. The molecular weight excluding hydrogens is 681 g/mol. The van der Waals surface area contributed by atoms with Crippen molar-refractivity contribution in [3.8, 4) is 68.3 Å². The number of benzene rings is 7. The van der Waals surface area contributed by atoms with E-state index in [1.54, 1.807) is 0 Å². The molecule has 0 saturated heterocycles. The average molecular weight is 715 g/mol. The molecule has 258 valence electrons. The third kappa shape index (κ3) is 5.45. The van der Waals surface area contributed by atoms with Gasteiger partial charge in [0.05, 0.1) is 0 Å². The molecule has 2 aliphatic heterocycles. The number of nitrogens with zero attached hydrogens (tertiary/aromatic N) is 4. The highest BCUT2D eigenvalue weighted by Gasteiger charge is 2.38. The standard InChI is InChI=1S/C47H34N4O2Si/c1-54(2)43-21-13-12-20-37(43)51(36-18-10-5-11-19-36)38-25-22-34(30-44(38)54)33-23-26-39-41(28-33)53-42-29-35(24-27-40(42)52-39)47-49-45(31-14-6-3-7-15-31)48-46(50-47)32-16-8-4-9-17-32/h3-30H,1-2H3. The van der Waals surface area contributed by atoms with Gasteiger partial charge in [-0.05, 0) is 76.1 Å². The summed E-state index contributed by atoms with van der Waals surface area (Å²) in [6.45, 7) is 4.90. The maximum Gasteiger partial charge on any atom is 0.170 e. The summed E-state index contributed by atoms with van der Waals surface area (Å²) in [5.41, 5.74) is 8.51. The number of aromatic nitrogens is 3. The summed E-state index contributed by atoms with van der Waals surface area (Å²) in [5, 5.41) is 2.83. The monoisotopic (exact) mass is 714 g/mol. The Balaban J connectivity index is 1.01. The van der Waals surface area contributed by atoms with E-state index >= 15 is 0 Å². The minimum Gasteiger partial charge on any atom is -0.450 e. The van der Waals surface area contributed by atoms with Crippen molar-refractivity contribution in [3.63, 3.8) is 0 Å². The smallest absolute Gasteiger partial charge is 0.170 e. The fourth-order valence-electron chi connectivity index (χ4n) is 7.58. The summed E-state index contributed by atoms with van der Waals surface area (Å²) in [4.78, 5) is 17.1. The van der Waals surface area contributed by atoms with Gasteiger partial charge in [0.25, 0.3) is 0 Å². The van der Waals surface area contributed by atoms with Gasteiger partial charge in [-0.1, -0.05) is 128 Å². The second kappa shape index (κ2) is 12.7. The van der Waals surface area contributed by atoms with E-state index in [-0.39, 0.29) is 0 Å². The third-order valence-electron chi connectivity index (χ3n) is 10.4. The zero-order valence-electron chi connectivity index (χ0n) is 29.8. The molecule has 0 unspecified atom stereocenters. The van der Waals surface area contributed by atoms with Crippen molar-refractivity contribution in [2.24, 2.45) is 0 Å². The SMILES string of the molecule is C[Si]1(C)c2ccccc2N(c2ccccc2)c2ccc(-c3ccc4c(c3)Oc3cc(-c5nc(-c6ccccc6)nc(-c6ccccc6)n5)ccc3O4)cc21. The molecule has 3 heterocycles. The number of anilines is 3. The first-order chi connectivity index (χ1) is 26.5. The molecule has 8 aromatic rings. The molecule has 0 N–H and O–H groups in total. The lowest BCUT2D eigenvalue weighted by atomic mass is 10.0. The van der Waals surface area contributed by atoms with Gasteiger partial charge in [-0.25, -0.2) is 15.0 Å². The van der Waals surface area contributed by atoms with Crippen molar-refractivity contribution >= 4 is 35.5 Å². The number of hydrogen-bond donors (Lipinski definition) is 0. The molecule has 7 heteroatoms. The van der Waals surface area contributed by atoms with Crippen LogP contribution in [0.15, 0.2) is 170 Å². The van der Waals surface area contributed by atoms with Crippen molar-refractivity contribution in [1.29, 1.82) is 0 Å². The summed E-state index contributed by atoms with van der Waals surface area (Å²) >= 11 is 0. The van der Waals surface area contributed by atoms with E-state index in [1.807, 2.05) is 84.9 Å². The highest BCUT2D eigenvalue weighted by Crippen LogP contribution is 2.48. The van der Waals surface area contributed by atoms with Crippen molar-refractivity contribution in [2.75, 3.05) is 4.90 Å². The Morgan fingerprint density at radius 2 is 0.852 bits per heavy atom. The molecule has 0 aliphatic carbocycles. The predicted octanol–water partition coefficient (Wildman–Crippen LogP) is 11.0. The average Bonchev–Trinajstić information content (AvgIpc) is 3.23. The summed E-state index contributed by atoms with van der Waals surface area (Å²) in [6, 6.07) is 58.4. The lowest BCUT2D eigenvalue weighted by Gasteiger charge is -2.41. The van der Waals surface area contributed by atoms with Gasteiger partial charge in [0.2, 0.25) is 0 Å². The molecule has 2 aliphatic rings. The Bertz CT molecular complexity index is 2650. The molecule has 10 rings (SSSR count). The highest BCUT2D eigenvalue weighted by atomic mass is 28.3. The quantitative estimate of drug-likeness (QED) is 0.165. The number of rotatable bonds is 5. The molecule has 0 bridgehead atoms. The minimum atomic E-state index is -2.05. The second-order valence-corrected chi connectivity index (χ2v) is 18.4. The lowest BCUT2D eigenvalue weighted by Crippen LogP contribution is -2.58. The molecule has 0 amide bonds. The van der Waals surface area contributed by atoms with Crippen molar-refractivity contribution in [1.82, 2.24) is 15.0 Å². The Hall–Kier alpha value is -6.83. The van der Waals surface area contributed by atoms with Crippen LogP contribution in [0.4, 0.5) is 17.1 Å². The van der Waals surface area contributed by atoms with Crippen molar-refractivity contribution in [2.45, 2.75) is 13.1 Å². The van der Waals surface area contributed by atoms with E-state index in [4.69, 9.17) is 24.4 Å². The van der Waals surface area contributed by atoms with E-state index in [0.717, 1.165) is 33.5 Å². The maximum atomic E-state index is 6.61. The zero-order chi connectivity index (χ0) is 36.2. The molecule has 0 spiro atoms. The van der Waals surface area contributed by atoms with E-state index < -0.39 is 8.07 Å². The van der Waals surface area contributed by atoms with Gasteiger partial charge >= 0.3 is 0 Å². The molecule has 1 aromatic heterocycles. The Kier molecular flexibility index (Phi) is 7.49. The van der Waals surface area contributed by atoms with E-state index in [1.165, 1.54) is 21.7 Å². The third-order valence-corrected chi connectivity index (χ3v) is 13.9. The molecule has 6 nitrogen and oxygen atoms in total. The van der Waals surface area contributed by atoms with Gasteiger partial charge < -0.3 is 14.4 Å². The van der Waals surface area contributed by atoms with Crippen LogP contribution in [0.5, 0.6) is 23.0 Å². The van der Waals surface area contributed by atoms with Crippen LogP contribution in [0.25, 0.3) is 45.3 Å². The van der Waals surface area contributed by atoms with Crippen LogP contribution in [0.1, 0.15) is 0 Å². The molecule has 0 saturated carbocycles. The van der Waals surface area contributed by atoms with Crippen LogP contribution in [-0.2, 0) is 0 Å². The summed E-state index contributed by atoms with van der Waals surface area (Å²) in [6.07, 6.45) is 0. The van der Waals surface area contributed by atoms with Crippen LogP contribution in [0.2, 0.25) is 13.1 Å². The van der Waals surface area contributed by atoms with Crippen LogP contribution < -0.4 is 24.7 Å². The van der Waals surface area contributed by atoms with Crippen LogP contribution in [-0.4, -0.2) is 23.0 Å². The van der Waals surface area contributed by atoms with Gasteiger partial charge in [0.1, 0.15) is 8.07 Å². The van der Waals surface area contributed by atoms with Crippen LogP contribution in [0, 0.1) is 0 Å². The lowest BCUT2D eigenvalue weighted by molar-refractivity contribution is 0.360. The summed E-state index contributed by atoms with van der Waals surface area (Å²) in [5.74, 6) is 4.35. The molecule has 0 radical (unpaired) electrons. The molecule has 54 heavy (non-hydrogen) atoms. The summed E-state index contributed by atoms with van der Waals surface area (Å²) in [7, 11) is -2.05. The first kappa shape index (κ1) is 31.9. The zero-order valence-corrected chi connectivity index (χ0v) is 30.8. The van der Waals surface area contributed by atoms with Crippen LogP contribution >= 0.6 is 0 Å². The predicted molar refractivity (Wildman–Crippen MR) is 220 cm³/mol. The number of para-hydroxylation sites is 2. The Morgan fingerprint density at radius 3 is 1.50 bits per heavy atom. The number of hydrogen-bond acceptors (Lipinski definition) is 6. The Labute approximate surface area is 315 Å². The normalized spacial score (nSPS) is 13.4. The van der Waals surface area contributed by atoms with Gasteiger partial charge in [-0.3, -0.25) is 0 Å². The van der Waals surface area contributed by atoms with Crippen molar-refractivity contribution in [3.05, 3.63) is 170 Å². The fourth-order valence-corrected chi connectivity index (χ4v) is 10.6. The number of fused-ring (bicyclic) bond motifs is 4. The van der Waals surface area contributed by atoms with Gasteiger partial charge in [-0.2, -0.15) is 0 Å². The van der Waals surface area contributed by atoms with Gasteiger partial charge in [0.15, 0.2) is 40.5 Å². The maximum absolute atomic E-state index is 6.61. The van der Waals surface area contributed by atoms with E-state index in [9.17, 15) is 0 Å². The molecular formula is C47H34N4O2Si. The second-order valence-electron chi connectivity index (χ2n) is 14.1. The fraction of sp³-hybridized carbons (Fsp3) is 0.0426. The largest absolute Gasteiger partial charge is 0.450 e. The minimum absolute atomic E-state index is 0.556. The topological polar surface area (TPSA) is 60.4 Å². The highest BCUT2D eigenvalue weighted by molar-refractivity contribution is 7.02. The first-order valence-electron chi connectivity index (χ1n) is 18.1. The molecule has 0 fully saturated rings. The molecule has 0 atom stereocenters. The van der Waals surface area contributed by atoms with Gasteiger partial charge in [0, 0.05) is 33.8 Å². The van der Waals surface area contributed by atoms with E-state index in [2.05, 4.69) is 103 Å². The Morgan fingerprint density at radius 1 is 0.389 bits per heavy atom. The van der Waals surface area contributed by atoms with E-state index in [0.29, 0.717) is 40.5 Å². The van der Waals surface area contributed by atoms with Crippen molar-refractivity contribution < 1.29 is 9.47 Å². The van der Waals surface area contributed by atoms with Gasteiger partial charge in [-0.15, -0.1) is 0 Å². The first-order valence-corrected chi connectivity index (χ1v) is 21.1. The molecule has 7 aromatic carbocycles. The van der Waals surface area contributed by atoms with Crippen LogP contribution in [0.3, 0.4) is 0 Å². The summed E-state index contributed by atoms with van der Waals surface area (Å²) < 4.78 is 13.0.